The predicted octanol–water partition coefficient (Wildman–Crippen LogP) is 2.51. The lowest BCUT2D eigenvalue weighted by Crippen LogP contribution is -2.47. The van der Waals surface area contributed by atoms with Gasteiger partial charge in [0.05, 0.1) is 23.7 Å². The first-order chi connectivity index (χ1) is 15.5. The Labute approximate surface area is 185 Å². The summed E-state index contributed by atoms with van der Waals surface area (Å²) in [6.45, 7) is 1.25. The van der Waals surface area contributed by atoms with Gasteiger partial charge in [-0.15, -0.1) is 0 Å². The van der Waals surface area contributed by atoms with Crippen LogP contribution in [-0.4, -0.2) is 47.8 Å². The van der Waals surface area contributed by atoms with E-state index in [1.807, 2.05) is 29.2 Å². The summed E-state index contributed by atoms with van der Waals surface area (Å²) in [5.41, 5.74) is 2.45. The molecule has 0 spiro atoms. The lowest BCUT2D eigenvalue weighted by atomic mass is 10.1. The Hall–Kier alpha value is -3.88. The molecule has 0 unspecified atom stereocenters. The number of rotatable bonds is 4. The zero-order chi connectivity index (χ0) is 22.7. The fourth-order valence-electron chi connectivity index (χ4n) is 3.87. The molecule has 0 atom stereocenters. The lowest BCUT2D eigenvalue weighted by Gasteiger charge is -2.33. The molecule has 1 aliphatic heterocycles. The molecule has 9 heteroatoms. The SMILES string of the molecule is COC(=O)c1ccc(NC(=O)NC2CCN(c3nc4ccccc4n(C)c3=O)CC2)cc1. The first kappa shape index (κ1) is 21.4. The third-order valence-corrected chi connectivity index (χ3v) is 5.66. The Morgan fingerprint density at radius 3 is 2.44 bits per heavy atom. The molecule has 3 aromatic rings. The van der Waals surface area contributed by atoms with E-state index in [0.29, 0.717) is 43.0 Å². The van der Waals surface area contributed by atoms with E-state index in [4.69, 9.17) is 0 Å². The second kappa shape index (κ2) is 9.09. The van der Waals surface area contributed by atoms with Crippen LogP contribution in [0, 0.1) is 0 Å². The number of anilines is 2. The Bertz CT molecular complexity index is 1200. The third kappa shape index (κ3) is 4.41. The van der Waals surface area contributed by atoms with Crippen molar-refractivity contribution < 1.29 is 14.3 Å². The number of carbonyl (C=O) groups is 2. The molecule has 2 N–H and O–H groups in total. The Morgan fingerprint density at radius 1 is 1.06 bits per heavy atom. The number of benzene rings is 2. The second-order valence-electron chi connectivity index (χ2n) is 7.72. The van der Waals surface area contributed by atoms with Crippen LogP contribution in [0.5, 0.6) is 0 Å². The van der Waals surface area contributed by atoms with Crippen LogP contribution in [0.25, 0.3) is 11.0 Å². The number of amides is 2. The number of ether oxygens (including phenoxy) is 1. The number of hydrogen-bond acceptors (Lipinski definition) is 6. The van der Waals surface area contributed by atoms with Crippen LogP contribution >= 0.6 is 0 Å². The molecule has 0 bridgehead atoms. The van der Waals surface area contributed by atoms with E-state index in [0.717, 1.165) is 11.0 Å². The van der Waals surface area contributed by atoms with Gasteiger partial charge in [-0.2, -0.15) is 0 Å². The fourth-order valence-corrected chi connectivity index (χ4v) is 3.87. The van der Waals surface area contributed by atoms with Crippen LogP contribution in [0.3, 0.4) is 0 Å². The number of para-hydroxylation sites is 2. The fraction of sp³-hybridized carbons (Fsp3) is 0.304. The minimum Gasteiger partial charge on any atom is -0.465 e. The zero-order valence-corrected chi connectivity index (χ0v) is 18.0. The summed E-state index contributed by atoms with van der Waals surface area (Å²) in [5, 5.41) is 5.74. The molecule has 1 saturated heterocycles. The Morgan fingerprint density at radius 2 is 1.75 bits per heavy atom. The van der Waals surface area contributed by atoms with Crippen molar-refractivity contribution in [2.75, 3.05) is 30.4 Å². The molecule has 1 fully saturated rings. The molecular weight excluding hydrogens is 410 g/mol. The molecule has 2 heterocycles. The van der Waals surface area contributed by atoms with E-state index in [-0.39, 0.29) is 17.6 Å². The predicted molar refractivity (Wildman–Crippen MR) is 122 cm³/mol. The highest BCUT2D eigenvalue weighted by atomic mass is 16.5. The molecule has 0 radical (unpaired) electrons. The van der Waals surface area contributed by atoms with Gasteiger partial charge in [-0.05, 0) is 49.2 Å². The van der Waals surface area contributed by atoms with Crippen LogP contribution in [0.1, 0.15) is 23.2 Å². The molecule has 9 nitrogen and oxygen atoms in total. The number of urea groups is 1. The van der Waals surface area contributed by atoms with Gasteiger partial charge in [-0.25, -0.2) is 14.6 Å². The molecule has 166 valence electrons. The summed E-state index contributed by atoms with van der Waals surface area (Å²) in [6.07, 6.45) is 1.40. The maximum atomic E-state index is 12.8. The van der Waals surface area contributed by atoms with Gasteiger partial charge in [0.2, 0.25) is 0 Å². The van der Waals surface area contributed by atoms with Crippen molar-refractivity contribution in [2.45, 2.75) is 18.9 Å². The molecule has 32 heavy (non-hydrogen) atoms. The number of fused-ring (bicyclic) bond motifs is 1. The number of nitrogens with one attached hydrogen (secondary N) is 2. The van der Waals surface area contributed by atoms with Crippen molar-refractivity contribution in [1.82, 2.24) is 14.9 Å². The number of piperidine rings is 1. The highest BCUT2D eigenvalue weighted by Gasteiger charge is 2.24. The van der Waals surface area contributed by atoms with Gasteiger partial charge in [0, 0.05) is 31.9 Å². The van der Waals surface area contributed by atoms with Gasteiger partial charge < -0.3 is 24.8 Å². The minimum absolute atomic E-state index is 0.00935. The van der Waals surface area contributed by atoms with E-state index >= 15 is 0 Å². The Balaban J connectivity index is 1.35. The van der Waals surface area contributed by atoms with Crippen molar-refractivity contribution in [3.8, 4) is 0 Å². The molecule has 0 saturated carbocycles. The molecule has 1 aliphatic rings. The van der Waals surface area contributed by atoms with Crippen LogP contribution in [0.4, 0.5) is 16.3 Å². The van der Waals surface area contributed by atoms with Gasteiger partial charge >= 0.3 is 12.0 Å². The first-order valence-corrected chi connectivity index (χ1v) is 10.4. The highest BCUT2D eigenvalue weighted by molar-refractivity contribution is 5.92. The first-order valence-electron chi connectivity index (χ1n) is 10.4. The van der Waals surface area contributed by atoms with Crippen molar-refractivity contribution in [3.05, 3.63) is 64.4 Å². The highest BCUT2D eigenvalue weighted by Crippen LogP contribution is 2.18. The van der Waals surface area contributed by atoms with E-state index in [1.165, 1.54) is 7.11 Å². The van der Waals surface area contributed by atoms with E-state index in [2.05, 4.69) is 20.4 Å². The second-order valence-corrected chi connectivity index (χ2v) is 7.72. The van der Waals surface area contributed by atoms with Crippen molar-refractivity contribution in [2.24, 2.45) is 7.05 Å². The molecule has 2 amide bonds. The summed E-state index contributed by atoms with van der Waals surface area (Å²) in [4.78, 5) is 43.2. The normalized spacial score (nSPS) is 14.2. The molecular formula is C23H25N5O4. The number of methoxy groups -OCH3 is 1. The average Bonchev–Trinajstić information content (AvgIpc) is 2.82. The number of esters is 1. The lowest BCUT2D eigenvalue weighted by molar-refractivity contribution is 0.0600. The summed E-state index contributed by atoms with van der Waals surface area (Å²) in [7, 11) is 3.08. The summed E-state index contributed by atoms with van der Waals surface area (Å²) >= 11 is 0. The largest absolute Gasteiger partial charge is 0.465 e. The number of nitrogens with zero attached hydrogens (tertiary/aromatic N) is 3. The van der Waals surface area contributed by atoms with Gasteiger partial charge in [0.1, 0.15) is 0 Å². The number of hydrogen-bond donors (Lipinski definition) is 2. The summed E-state index contributed by atoms with van der Waals surface area (Å²) in [5.74, 6) is 0.0169. The van der Waals surface area contributed by atoms with Crippen molar-refractivity contribution >= 4 is 34.5 Å². The maximum absolute atomic E-state index is 12.8. The Kier molecular flexibility index (Phi) is 6.07. The summed E-state index contributed by atoms with van der Waals surface area (Å²) < 4.78 is 6.29. The van der Waals surface area contributed by atoms with Crippen LogP contribution < -0.4 is 21.1 Å². The standard InChI is InChI=1S/C23H25N5O4/c1-27-19-6-4-3-5-18(19)26-20(21(27)29)28-13-11-17(12-14-28)25-23(31)24-16-9-7-15(8-10-16)22(30)32-2/h3-10,17H,11-14H2,1-2H3,(H2,24,25,31). The third-order valence-electron chi connectivity index (χ3n) is 5.66. The van der Waals surface area contributed by atoms with Crippen molar-refractivity contribution in [3.63, 3.8) is 0 Å². The van der Waals surface area contributed by atoms with E-state index in [1.54, 1.807) is 35.9 Å². The minimum atomic E-state index is -0.427. The molecule has 4 rings (SSSR count). The topological polar surface area (TPSA) is 106 Å². The van der Waals surface area contributed by atoms with Crippen LogP contribution in [-0.2, 0) is 11.8 Å². The van der Waals surface area contributed by atoms with Gasteiger partial charge in [0.25, 0.3) is 5.56 Å². The maximum Gasteiger partial charge on any atom is 0.337 e. The van der Waals surface area contributed by atoms with Gasteiger partial charge in [-0.3, -0.25) is 4.79 Å². The van der Waals surface area contributed by atoms with Gasteiger partial charge in [0.15, 0.2) is 5.82 Å². The van der Waals surface area contributed by atoms with E-state index in [9.17, 15) is 14.4 Å². The monoisotopic (exact) mass is 435 g/mol. The number of carbonyl (C=O) groups excluding carboxylic acids is 2. The number of aromatic nitrogens is 2. The summed E-state index contributed by atoms with van der Waals surface area (Å²) in [6, 6.07) is 13.7. The molecule has 0 aliphatic carbocycles. The quantitative estimate of drug-likeness (QED) is 0.610. The molecule has 2 aromatic carbocycles. The molecule has 1 aromatic heterocycles. The van der Waals surface area contributed by atoms with Crippen molar-refractivity contribution in [1.29, 1.82) is 0 Å². The smallest absolute Gasteiger partial charge is 0.337 e. The average molecular weight is 435 g/mol. The van der Waals surface area contributed by atoms with Gasteiger partial charge in [-0.1, -0.05) is 12.1 Å². The zero-order valence-electron chi connectivity index (χ0n) is 18.0. The van der Waals surface area contributed by atoms with E-state index < -0.39 is 5.97 Å². The van der Waals surface area contributed by atoms with Crippen LogP contribution in [0.15, 0.2) is 53.3 Å². The number of aryl methyl sites for hydroxylation is 1. The van der Waals surface area contributed by atoms with Crippen LogP contribution in [0.2, 0.25) is 0 Å².